The quantitative estimate of drug-likeness (QED) is 0.370. The molecule has 1 N–H and O–H groups in total. The number of anilines is 1. The lowest BCUT2D eigenvalue weighted by molar-refractivity contribution is -0.139. The topological polar surface area (TPSA) is 86.8 Å². The van der Waals surface area contributed by atoms with Crippen LogP contribution in [0.3, 0.4) is 0 Å². The number of rotatable bonds is 9. The number of nitrogens with one attached hydrogen (secondary N) is 1. The molecule has 1 unspecified atom stereocenters. The van der Waals surface area contributed by atoms with E-state index < -0.39 is 28.5 Å². The molecule has 4 rings (SSSR count). The SMILES string of the molecule is CC(C(=O)NC1CCCC1)N(Cc1c(Cl)cccc1Cl)C(=O)CN(c1cccc2ccccc12)S(C)(=O)=O. The van der Waals surface area contributed by atoms with Crippen molar-refractivity contribution in [2.75, 3.05) is 17.1 Å². The summed E-state index contributed by atoms with van der Waals surface area (Å²) >= 11 is 12.8. The minimum Gasteiger partial charge on any atom is -0.352 e. The van der Waals surface area contributed by atoms with Crippen molar-refractivity contribution in [2.24, 2.45) is 0 Å². The number of benzene rings is 3. The molecular formula is C28H31Cl2N3O4S. The van der Waals surface area contributed by atoms with Gasteiger partial charge in [0.2, 0.25) is 21.8 Å². The van der Waals surface area contributed by atoms with E-state index in [1.807, 2.05) is 30.3 Å². The highest BCUT2D eigenvalue weighted by Gasteiger charge is 2.32. The van der Waals surface area contributed by atoms with Crippen LogP contribution in [0.15, 0.2) is 60.7 Å². The first-order valence-corrected chi connectivity index (χ1v) is 15.1. The first-order chi connectivity index (χ1) is 18.1. The fourth-order valence-electron chi connectivity index (χ4n) is 4.85. The van der Waals surface area contributed by atoms with Crippen LogP contribution in [0.2, 0.25) is 10.0 Å². The molecule has 1 fully saturated rings. The van der Waals surface area contributed by atoms with Crippen LogP contribution < -0.4 is 9.62 Å². The normalized spacial score (nSPS) is 14.8. The molecule has 1 aliphatic rings. The van der Waals surface area contributed by atoms with Crippen molar-refractivity contribution >= 4 is 61.5 Å². The lowest BCUT2D eigenvalue weighted by Gasteiger charge is -2.32. The van der Waals surface area contributed by atoms with Crippen LogP contribution >= 0.6 is 23.2 Å². The summed E-state index contributed by atoms with van der Waals surface area (Å²) in [6, 6.07) is 16.9. The van der Waals surface area contributed by atoms with Gasteiger partial charge in [-0.15, -0.1) is 0 Å². The molecule has 0 spiro atoms. The first kappa shape index (κ1) is 28.2. The van der Waals surface area contributed by atoms with Gasteiger partial charge in [0.25, 0.3) is 0 Å². The van der Waals surface area contributed by atoms with Crippen LogP contribution in [-0.2, 0) is 26.2 Å². The van der Waals surface area contributed by atoms with Gasteiger partial charge in [0.1, 0.15) is 12.6 Å². The second kappa shape index (κ2) is 11.9. The summed E-state index contributed by atoms with van der Waals surface area (Å²) in [7, 11) is -3.86. The molecule has 1 saturated carbocycles. The fourth-order valence-corrected chi connectivity index (χ4v) is 6.23. The average Bonchev–Trinajstić information content (AvgIpc) is 3.39. The molecule has 10 heteroatoms. The summed E-state index contributed by atoms with van der Waals surface area (Å²) in [4.78, 5) is 28.5. The van der Waals surface area contributed by atoms with E-state index >= 15 is 0 Å². The molecular weight excluding hydrogens is 545 g/mol. The van der Waals surface area contributed by atoms with Crippen molar-refractivity contribution in [1.29, 1.82) is 0 Å². The number of hydrogen-bond donors (Lipinski definition) is 1. The van der Waals surface area contributed by atoms with Crippen molar-refractivity contribution in [3.8, 4) is 0 Å². The number of carbonyl (C=O) groups is 2. The predicted molar refractivity (Wildman–Crippen MR) is 153 cm³/mol. The van der Waals surface area contributed by atoms with Gasteiger partial charge in [0.05, 0.1) is 11.9 Å². The molecule has 3 aromatic rings. The van der Waals surface area contributed by atoms with E-state index in [1.165, 1.54) is 4.90 Å². The van der Waals surface area contributed by atoms with Crippen LogP contribution in [0.1, 0.15) is 38.2 Å². The molecule has 38 heavy (non-hydrogen) atoms. The van der Waals surface area contributed by atoms with Gasteiger partial charge >= 0.3 is 0 Å². The monoisotopic (exact) mass is 575 g/mol. The number of hydrogen-bond acceptors (Lipinski definition) is 4. The van der Waals surface area contributed by atoms with Gasteiger partial charge in [0, 0.05) is 33.6 Å². The molecule has 202 valence electrons. The second-order valence-electron chi connectivity index (χ2n) is 9.66. The van der Waals surface area contributed by atoms with Crippen LogP contribution in [-0.4, -0.2) is 50.0 Å². The van der Waals surface area contributed by atoms with Crippen LogP contribution in [0, 0.1) is 0 Å². The maximum absolute atomic E-state index is 13.9. The third-order valence-corrected chi connectivity index (χ3v) is 8.81. The zero-order valence-corrected chi connectivity index (χ0v) is 23.7. The Hall–Kier alpha value is -2.81. The van der Waals surface area contributed by atoms with E-state index in [9.17, 15) is 18.0 Å². The van der Waals surface area contributed by atoms with Gasteiger partial charge in [0.15, 0.2) is 0 Å². The molecule has 0 heterocycles. The lowest BCUT2D eigenvalue weighted by atomic mass is 10.1. The standard InChI is InChI=1S/C28H31Cl2N3O4S/c1-19(28(35)31-21-11-4-5-12-21)32(17-23-24(29)14-8-15-25(23)30)27(34)18-33(38(2,36)37)26-16-7-10-20-9-3-6-13-22(20)26/h3,6-10,13-16,19,21H,4-5,11-12,17-18H2,1-2H3,(H,31,35). The Bertz CT molecular complexity index is 1420. The maximum Gasteiger partial charge on any atom is 0.244 e. The third-order valence-electron chi connectivity index (χ3n) is 6.97. The second-order valence-corrected chi connectivity index (χ2v) is 12.4. The van der Waals surface area contributed by atoms with Gasteiger partial charge in [-0.3, -0.25) is 13.9 Å². The van der Waals surface area contributed by atoms with Gasteiger partial charge in [-0.05, 0) is 43.4 Å². The number of halogens is 2. The highest BCUT2D eigenvalue weighted by molar-refractivity contribution is 7.92. The Morgan fingerprint density at radius 1 is 0.974 bits per heavy atom. The van der Waals surface area contributed by atoms with E-state index in [1.54, 1.807) is 37.3 Å². The molecule has 1 atom stereocenters. The summed E-state index contributed by atoms with van der Waals surface area (Å²) in [5, 5.41) is 5.28. The summed E-state index contributed by atoms with van der Waals surface area (Å²) in [6.07, 6.45) is 4.95. The van der Waals surface area contributed by atoms with Gasteiger partial charge < -0.3 is 10.2 Å². The highest BCUT2D eigenvalue weighted by atomic mass is 35.5. The summed E-state index contributed by atoms with van der Waals surface area (Å²) in [5.74, 6) is -0.849. The summed E-state index contributed by atoms with van der Waals surface area (Å²) in [6.45, 7) is 1.09. The zero-order chi connectivity index (χ0) is 27.4. The van der Waals surface area contributed by atoms with Crippen molar-refractivity contribution in [3.63, 3.8) is 0 Å². The lowest BCUT2D eigenvalue weighted by Crippen LogP contribution is -2.52. The van der Waals surface area contributed by atoms with E-state index in [0.29, 0.717) is 26.7 Å². The molecule has 1 aliphatic carbocycles. The van der Waals surface area contributed by atoms with E-state index in [4.69, 9.17) is 23.2 Å². The molecule has 0 radical (unpaired) electrons. The van der Waals surface area contributed by atoms with Gasteiger partial charge in [-0.2, -0.15) is 0 Å². The molecule has 0 aromatic heterocycles. The maximum atomic E-state index is 13.9. The molecule has 0 saturated heterocycles. The smallest absolute Gasteiger partial charge is 0.244 e. The van der Waals surface area contributed by atoms with Crippen molar-refractivity contribution in [1.82, 2.24) is 10.2 Å². The third kappa shape index (κ3) is 6.42. The van der Waals surface area contributed by atoms with Gasteiger partial charge in [-0.1, -0.05) is 78.5 Å². The minimum absolute atomic E-state index is 0.0519. The number of amides is 2. The predicted octanol–water partition coefficient (Wildman–Crippen LogP) is 5.39. The van der Waals surface area contributed by atoms with E-state index in [-0.39, 0.29) is 18.5 Å². The van der Waals surface area contributed by atoms with E-state index in [2.05, 4.69) is 5.32 Å². The van der Waals surface area contributed by atoms with Crippen molar-refractivity contribution < 1.29 is 18.0 Å². The molecule has 7 nitrogen and oxygen atoms in total. The number of nitrogens with zero attached hydrogens (tertiary/aromatic N) is 2. The summed E-state index contributed by atoms with van der Waals surface area (Å²) < 4.78 is 27.0. The Morgan fingerprint density at radius 3 is 2.24 bits per heavy atom. The Balaban J connectivity index is 1.69. The molecule has 0 aliphatic heterocycles. The number of sulfonamides is 1. The van der Waals surface area contributed by atoms with Crippen molar-refractivity contribution in [3.05, 3.63) is 76.3 Å². The van der Waals surface area contributed by atoms with Crippen LogP contribution in [0.25, 0.3) is 10.8 Å². The average molecular weight is 577 g/mol. The first-order valence-electron chi connectivity index (χ1n) is 12.5. The Labute approximate surface area is 233 Å². The minimum atomic E-state index is -3.86. The Kier molecular flexibility index (Phi) is 8.85. The van der Waals surface area contributed by atoms with E-state index in [0.717, 1.165) is 41.6 Å². The summed E-state index contributed by atoms with van der Waals surface area (Å²) in [5.41, 5.74) is 0.874. The molecule has 0 bridgehead atoms. The van der Waals surface area contributed by atoms with Crippen molar-refractivity contribution in [2.45, 2.75) is 51.2 Å². The largest absolute Gasteiger partial charge is 0.352 e. The number of carbonyl (C=O) groups excluding carboxylic acids is 2. The molecule has 2 amide bonds. The number of fused-ring (bicyclic) bond motifs is 1. The molecule has 3 aromatic carbocycles. The van der Waals surface area contributed by atoms with Gasteiger partial charge in [-0.25, -0.2) is 8.42 Å². The zero-order valence-electron chi connectivity index (χ0n) is 21.4. The Morgan fingerprint density at radius 2 is 1.58 bits per heavy atom. The highest BCUT2D eigenvalue weighted by Crippen LogP contribution is 2.30. The van der Waals surface area contributed by atoms with Crippen LogP contribution in [0.5, 0.6) is 0 Å². The fraction of sp³-hybridized carbons (Fsp3) is 0.357. The van der Waals surface area contributed by atoms with Crippen LogP contribution in [0.4, 0.5) is 5.69 Å².